The number of nitrogens with one attached hydrogen (secondary N) is 1. The molecule has 7 nitrogen and oxygen atoms in total. The molecule has 0 aliphatic rings. The second kappa shape index (κ2) is 7.62. The minimum atomic E-state index is -0.782. The van der Waals surface area contributed by atoms with Crippen molar-refractivity contribution in [3.05, 3.63) is 12.7 Å². The fraction of sp³-hybridized carbons (Fsp3) is 0.692. The number of hydrogen-bond donors (Lipinski definition) is 2. The molecule has 1 rings (SSSR count). The highest BCUT2D eigenvalue weighted by Crippen LogP contribution is 2.25. The SMILES string of the molecule is CC(C)(CCNC(=O)CCn1cncn1)CCC(=O)O. The smallest absolute Gasteiger partial charge is 0.303 e. The molecule has 0 atom stereocenters. The van der Waals surface area contributed by atoms with Crippen molar-refractivity contribution in [3.8, 4) is 0 Å². The molecular formula is C13H22N4O3. The van der Waals surface area contributed by atoms with Crippen LogP contribution in [0.15, 0.2) is 12.7 Å². The number of carbonyl (C=O) groups excluding carboxylic acids is 1. The molecule has 0 saturated heterocycles. The Bertz CT molecular complexity index is 429. The van der Waals surface area contributed by atoms with E-state index in [1.54, 1.807) is 11.0 Å². The summed E-state index contributed by atoms with van der Waals surface area (Å²) in [4.78, 5) is 26.0. The van der Waals surface area contributed by atoms with Crippen LogP contribution in [0.4, 0.5) is 0 Å². The van der Waals surface area contributed by atoms with E-state index in [1.807, 2.05) is 13.8 Å². The maximum absolute atomic E-state index is 11.6. The summed E-state index contributed by atoms with van der Waals surface area (Å²) >= 11 is 0. The van der Waals surface area contributed by atoms with Crippen molar-refractivity contribution in [2.24, 2.45) is 5.41 Å². The van der Waals surface area contributed by atoms with Gasteiger partial charge in [0.1, 0.15) is 12.7 Å². The van der Waals surface area contributed by atoms with E-state index < -0.39 is 5.97 Å². The van der Waals surface area contributed by atoms with E-state index in [1.165, 1.54) is 6.33 Å². The maximum Gasteiger partial charge on any atom is 0.303 e. The standard InChI is InChI=1S/C13H22N4O3/c1-13(2,5-3-12(19)20)6-7-15-11(18)4-8-17-10-14-9-16-17/h9-10H,3-8H2,1-2H3,(H,15,18)(H,19,20). The Morgan fingerprint density at radius 3 is 2.65 bits per heavy atom. The van der Waals surface area contributed by atoms with Crippen LogP contribution < -0.4 is 5.32 Å². The van der Waals surface area contributed by atoms with Crippen molar-refractivity contribution in [1.82, 2.24) is 20.1 Å². The van der Waals surface area contributed by atoms with Crippen LogP contribution in [0.3, 0.4) is 0 Å². The van der Waals surface area contributed by atoms with E-state index in [0.29, 0.717) is 25.9 Å². The van der Waals surface area contributed by atoms with Gasteiger partial charge in [-0.3, -0.25) is 14.3 Å². The summed E-state index contributed by atoms with van der Waals surface area (Å²) in [5.74, 6) is -0.815. The average Bonchev–Trinajstić information content (AvgIpc) is 2.87. The lowest BCUT2D eigenvalue weighted by molar-refractivity contribution is -0.137. The van der Waals surface area contributed by atoms with Crippen molar-refractivity contribution in [2.75, 3.05) is 6.54 Å². The van der Waals surface area contributed by atoms with Gasteiger partial charge in [-0.05, 0) is 18.3 Å². The molecule has 1 aromatic heterocycles. The number of aryl methyl sites for hydroxylation is 1. The fourth-order valence-corrected chi connectivity index (χ4v) is 1.76. The van der Waals surface area contributed by atoms with Gasteiger partial charge in [0.05, 0.1) is 6.54 Å². The Balaban J connectivity index is 2.15. The van der Waals surface area contributed by atoms with Gasteiger partial charge in [-0.25, -0.2) is 4.98 Å². The molecule has 2 N–H and O–H groups in total. The number of aromatic nitrogens is 3. The first kappa shape index (κ1) is 16.1. The van der Waals surface area contributed by atoms with Gasteiger partial charge >= 0.3 is 5.97 Å². The summed E-state index contributed by atoms with van der Waals surface area (Å²) in [5, 5.41) is 15.4. The number of hydrogen-bond acceptors (Lipinski definition) is 4. The monoisotopic (exact) mass is 282 g/mol. The zero-order valence-corrected chi connectivity index (χ0v) is 12.0. The van der Waals surface area contributed by atoms with Crippen molar-refractivity contribution >= 4 is 11.9 Å². The Hall–Kier alpha value is -1.92. The summed E-state index contributed by atoms with van der Waals surface area (Å²) in [5.41, 5.74) is -0.0857. The number of carbonyl (C=O) groups is 2. The summed E-state index contributed by atoms with van der Waals surface area (Å²) < 4.78 is 1.61. The lowest BCUT2D eigenvalue weighted by Gasteiger charge is -2.23. The van der Waals surface area contributed by atoms with Crippen LogP contribution in [0, 0.1) is 5.41 Å². The molecule has 0 aliphatic carbocycles. The van der Waals surface area contributed by atoms with Crippen LogP contribution in [-0.4, -0.2) is 38.3 Å². The molecule has 0 radical (unpaired) electrons. The fourth-order valence-electron chi connectivity index (χ4n) is 1.76. The minimum Gasteiger partial charge on any atom is -0.481 e. The first-order valence-corrected chi connectivity index (χ1v) is 6.70. The van der Waals surface area contributed by atoms with Gasteiger partial charge in [0, 0.05) is 19.4 Å². The number of carboxylic acid groups (broad SMARTS) is 1. The summed E-state index contributed by atoms with van der Waals surface area (Å²) in [6.45, 7) is 5.09. The van der Waals surface area contributed by atoms with Gasteiger partial charge < -0.3 is 10.4 Å². The third-order valence-electron chi connectivity index (χ3n) is 3.17. The van der Waals surface area contributed by atoms with Crippen LogP contribution in [0.5, 0.6) is 0 Å². The van der Waals surface area contributed by atoms with Crippen LogP contribution >= 0.6 is 0 Å². The third-order valence-corrected chi connectivity index (χ3v) is 3.17. The highest BCUT2D eigenvalue weighted by molar-refractivity contribution is 5.75. The Morgan fingerprint density at radius 2 is 2.05 bits per heavy atom. The van der Waals surface area contributed by atoms with Gasteiger partial charge in [-0.15, -0.1) is 0 Å². The second-order valence-electron chi connectivity index (χ2n) is 5.57. The number of rotatable bonds is 9. The Kier molecular flexibility index (Phi) is 6.14. The molecular weight excluding hydrogens is 260 g/mol. The Labute approximate surface area is 118 Å². The molecule has 20 heavy (non-hydrogen) atoms. The molecule has 0 aliphatic heterocycles. The average molecular weight is 282 g/mol. The van der Waals surface area contributed by atoms with E-state index >= 15 is 0 Å². The van der Waals surface area contributed by atoms with Gasteiger partial charge in [0.15, 0.2) is 0 Å². The molecule has 0 saturated carbocycles. The van der Waals surface area contributed by atoms with Crippen molar-refractivity contribution in [1.29, 1.82) is 0 Å². The highest BCUT2D eigenvalue weighted by atomic mass is 16.4. The van der Waals surface area contributed by atoms with E-state index in [0.717, 1.165) is 6.42 Å². The second-order valence-corrected chi connectivity index (χ2v) is 5.57. The Morgan fingerprint density at radius 1 is 1.30 bits per heavy atom. The molecule has 112 valence electrons. The molecule has 0 bridgehead atoms. The quantitative estimate of drug-likeness (QED) is 0.706. The van der Waals surface area contributed by atoms with Crippen molar-refractivity contribution in [3.63, 3.8) is 0 Å². The van der Waals surface area contributed by atoms with E-state index in [9.17, 15) is 9.59 Å². The molecule has 0 fully saturated rings. The minimum absolute atomic E-state index is 0.0328. The topological polar surface area (TPSA) is 97.1 Å². The predicted molar refractivity (Wildman–Crippen MR) is 72.9 cm³/mol. The van der Waals surface area contributed by atoms with E-state index in [2.05, 4.69) is 15.4 Å². The number of amides is 1. The summed E-state index contributed by atoms with van der Waals surface area (Å²) in [7, 11) is 0. The largest absolute Gasteiger partial charge is 0.481 e. The van der Waals surface area contributed by atoms with E-state index in [-0.39, 0.29) is 17.7 Å². The molecule has 0 spiro atoms. The normalized spacial score (nSPS) is 11.3. The lowest BCUT2D eigenvalue weighted by Crippen LogP contribution is -2.29. The summed E-state index contributed by atoms with van der Waals surface area (Å²) in [6.07, 6.45) is 4.89. The first-order chi connectivity index (χ1) is 9.39. The van der Waals surface area contributed by atoms with Gasteiger partial charge in [-0.1, -0.05) is 13.8 Å². The van der Waals surface area contributed by atoms with Crippen molar-refractivity contribution in [2.45, 2.75) is 46.1 Å². The molecule has 0 aromatic carbocycles. The first-order valence-electron chi connectivity index (χ1n) is 6.70. The van der Waals surface area contributed by atoms with Crippen LogP contribution in [0.2, 0.25) is 0 Å². The highest BCUT2D eigenvalue weighted by Gasteiger charge is 2.19. The van der Waals surface area contributed by atoms with Crippen LogP contribution in [0.1, 0.15) is 39.5 Å². The van der Waals surface area contributed by atoms with Gasteiger partial charge in [0.25, 0.3) is 0 Å². The van der Waals surface area contributed by atoms with E-state index in [4.69, 9.17) is 5.11 Å². The predicted octanol–water partition coefficient (Wildman–Crippen LogP) is 1.07. The zero-order valence-electron chi connectivity index (χ0n) is 12.0. The number of aliphatic carboxylic acids is 1. The maximum atomic E-state index is 11.6. The molecule has 7 heteroatoms. The number of nitrogens with zero attached hydrogens (tertiary/aromatic N) is 3. The third kappa shape index (κ3) is 6.86. The van der Waals surface area contributed by atoms with Crippen molar-refractivity contribution < 1.29 is 14.7 Å². The van der Waals surface area contributed by atoms with Gasteiger partial charge in [-0.2, -0.15) is 5.10 Å². The molecule has 1 aromatic rings. The summed E-state index contributed by atoms with van der Waals surface area (Å²) in [6, 6.07) is 0. The molecule has 0 unspecified atom stereocenters. The zero-order chi connectivity index (χ0) is 15.0. The molecule has 1 amide bonds. The van der Waals surface area contributed by atoms with Crippen LogP contribution in [0.25, 0.3) is 0 Å². The van der Waals surface area contributed by atoms with Gasteiger partial charge in [0.2, 0.25) is 5.91 Å². The molecule has 1 heterocycles. The number of carboxylic acids is 1. The lowest BCUT2D eigenvalue weighted by atomic mass is 9.84. The van der Waals surface area contributed by atoms with Crippen LogP contribution in [-0.2, 0) is 16.1 Å².